The van der Waals surface area contributed by atoms with Gasteiger partial charge in [-0.05, 0) is 35.7 Å². The Hall–Kier alpha value is -2.02. The summed E-state index contributed by atoms with van der Waals surface area (Å²) in [6.45, 7) is 1.83. The number of halogens is 1. The Morgan fingerprint density at radius 3 is 2.69 bits per heavy atom. The lowest BCUT2D eigenvalue weighted by atomic mass is 9.72. The summed E-state index contributed by atoms with van der Waals surface area (Å²) in [6, 6.07) is 15.6. The van der Waals surface area contributed by atoms with Crippen LogP contribution in [0.2, 0.25) is 0 Å². The molecule has 6 heteroatoms. The Bertz CT molecular complexity index is 946. The number of rotatable bonds is 3. The summed E-state index contributed by atoms with van der Waals surface area (Å²) in [5.74, 6) is -0.493. The molecule has 0 unspecified atom stereocenters. The zero-order chi connectivity index (χ0) is 18.3. The van der Waals surface area contributed by atoms with Crippen LogP contribution in [-0.4, -0.2) is 16.0 Å². The van der Waals surface area contributed by atoms with Crippen molar-refractivity contribution < 1.29 is 9.90 Å². The molecular formula is C20H17BrN2O2S. The number of aromatic nitrogens is 1. The van der Waals surface area contributed by atoms with Gasteiger partial charge in [0.2, 0.25) is 5.91 Å². The highest BCUT2D eigenvalue weighted by atomic mass is 79.9. The SMILES string of the molecule is C[C@]1(C(=O)Nc2nccs2)[C@@H](c2ccccc2)c2cc(Br)ccc2[C@H]1O. The fraction of sp³-hybridized carbons (Fsp3) is 0.200. The normalized spacial score (nSPS) is 24.3. The van der Waals surface area contributed by atoms with Crippen LogP contribution in [0, 0.1) is 5.41 Å². The van der Waals surface area contributed by atoms with Gasteiger partial charge in [-0.2, -0.15) is 0 Å². The first-order chi connectivity index (χ1) is 12.5. The predicted octanol–water partition coefficient (Wildman–Crippen LogP) is 4.73. The van der Waals surface area contributed by atoms with Crippen LogP contribution in [0.5, 0.6) is 0 Å². The molecule has 26 heavy (non-hydrogen) atoms. The van der Waals surface area contributed by atoms with Crippen LogP contribution in [0.3, 0.4) is 0 Å². The Labute approximate surface area is 164 Å². The number of carbonyl (C=O) groups is 1. The van der Waals surface area contributed by atoms with Gasteiger partial charge in [-0.25, -0.2) is 4.98 Å². The molecule has 0 fully saturated rings. The lowest BCUT2D eigenvalue weighted by Gasteiger charge is -2.33. The molecule has 0 radical (unpaired) electrons. The number of carbonyl (C=O) groups excluding carboxylic acids is 1. The van der Waals surface area contributed by atoms with Crippen LogP contribution in [0.1, 0.15) is 35.6 Å². The molecule has 2 aromatic carbocycles. The highest BCUT2D eigenvalue weighted by molar-refractivity contribution is 9.10. The number of anilines is 1. The number of amides is 1. The van der Waals surface area contributed by atoms with E-state index in [1.807, 2.05) is 60.8 Å². The first-order valence-corrected chi connectivity index (χ1v) is 9.92. The minimum absolute atomic E-state index is 0.235. The topological polar surface area (TPSA) is 62.2 Å². The number of hydrogen-bond donors (Lipinski definition) is 2. The molecule has 3 atom stereocenters. The smallest absolute Gasteiger partial charge is 0.236 e. The average molecular weight is 429 g/mol. The highest BCUT2D eigenvalue weighted by Crippen LogP contribution is 2.57. The fourth-order valence-corrected chi connectivity index (χ4v) is 4.69. The summed E-state index contributed by atoms with van der Waals surface area (Å²) in [4.78, 5) is 17.4. The number of aliphatic hydroxyl groups is 1. The zero-order valence-electron chi connectivity index (χ0n) is 14.0. The molecular weight excluding hydrogens is 412 g/mol. The predicted molar refractivity (Wildman–Crippen MR) is 106 cm³/mol. The van der Waals surface area contributed by atoms with Gasteiger partial charge in [-0.3, -0.25) is 4.79 Å². The quantitative estimate of drug-likeness (QED) is 0.633. The second-order valence-corrected chi connectivity index (χ2v) is 8.40. The Balaban J connectivity index is 1.85. The molecule has 1 aliphatic carbocycles. The minimum Gasteiger partial charge on any atom is -0.387 e. The molecule has 3 aromatic rings. The summed E-state index contributed by atoms with van der Waals surface area (Å²) in [5.41, 5.74) is 1.71. The largest absolute Gasteiger partial charge is 0.387 e. The van der Waals surface area contributed by atoms with Crippen molar-refractivity contribution in [1.29, 1.82) is 0 Å². The van der Waals surface area contributed by atoms with E-state index in [9.17, 15) is 9.90 Å². The molecule has 0 saturated carbocycles. The van der Waals surface area contributed by atoms with Crippen LogP contribution in [0.4, 0.5) is 5.13 Å². The van der Waals surface area contributed by atoms with E-state index in [0.29, 0.717) is 5.13 Å². The Morgan fingerprint density at radius 1 is 1.23 bits per heavy atom. The zero-order valence-corrected chi connectivity index (χ0v) is 16.4. The fourth-order valence-electron chi connectivity index (χ4n) is 3.79. The molecule has 1 aromatic heterocycles. The Kier molecular flexibility index (Phi) is 4.42. The van der Waals surface area contributed by atoms with Gasteiger partial charge in [0.15, 0.2) is 5.13 Å². The van der Waals surface area contributed by atoms with Gasteiger partial charge < -0.3 is 10.4 Å². The van der Waals surface area contributed by atoms with E-state index in [-0.39, 0.29) is 11.8 Å². The van der Waals surface area contributed by atoms with Gasteiger partial charge in [-0.15, -0.1) is 11.3 Å². The van der Waals surface area contributed by atoms with Gasteiger partial charge in [0.05, 0.1) is 11.5 Å². The van der Waals surface area contributed by atoms with Crippen molar-refractivity contribution in [2.45, 2.75) is 18.9 Å². The molecule has 0 bridgehead atoms. The first-order valence-electron chi connectivity index (χ1n) is 8.25. The second-order valence-electron chi connectivity index (χ2n) is 6.59. The maximum Gasteiger partial charge on any atom is 0.236 e. The van der Waals surface area contributed by atoms with E-state index in [2.05, 4.69) is 26.2 Å². The van der Waals surface area contributed by atoms with Crippen molar-refractivity contribution >= 4 is 38.3 Å². The van der Waals surface area contributed by atoms with Crippen LogP contribution in [-0.2, 0) is 4.79 Å². The molecule has 4 nitrogen and oxygen atoms in total. The van der Waals surface area contributed by atoms with E-state index in [1.54, 1.807) is 6.20 Å². The van der Waals surface area contributed by atoms with E-state index in [1.165, 1.54) is 11.3 Å². The van der Waals surface area contributed by atoms with Gasteiger partial charge in [-0.1, -0.05) is 52.3 Å². The summed E-state index contributed by atoms with van der Waals surface area (Å²) in [7, 11) is 0. The molecule has 4 rings (SSSR count). The minimum atomic E-state index is -1.05. The van der Waals surface area contributed by atoms with Crippen LogP contribution >= 0.6 is 27.3 Å². The summed E-state index contributed by atoms with van der Waals surface area (Å²) in [5, 5.41) is 16.4. The average Bonchev–Trinajstić information content (AvgIpc) is 3.22. The van der Waals surface area contributed by atoms with Gasteiger partial charge in [0, 0.05) is 22.0 Å². The maximum atomic E-state index is 13.3. The number of aliphatic hydroxyl groups excluding tert-OH is 1. The van der Waals surface area contributed by atoms with E-state index in [4.69, 9.17) is 0 Å². The number of hydrogen-bond acceptors (Lipinski definition) is 4. The third-order valence-electron chi connectivity index (χ3n) is 5.10. The third kappa shape index (κ3) is 2.69. The molecule has 0 aliphatic heterocycles. The van der Waals surface area contributed by atoms with Crippen molar-refractivity contribution in [2.24, 2.45) is 5.41 Å². The van der Waals surface area contributed by atoms with Crippen molar-refractivity contribution in [3.63, 3.8) is 0 Å². The highest BCUT2D eigenvalue weighted by Gasteiger charge is 2.55. The second kappa shape index (κ2) is 6.61. The summed E-state index contributed by atoms with van der Waals surface area (Å²) >= 11 is 4.88. The molecule has 0 saturated heterocycles. The van der Waals surface area contributed by atoms with Crippen LogP contribution in [0.15, 0.2) is 64.6 Å². The molecule has 1 amide bonds. The third-order valence-corrected chi connectivity index (χ3v) is 6.28. The summed E-state index contributed by atoms with van der Waals surface area (Å²) < 4.78 is 0.925. The first kappa shape index (κ1) is 17.4. The van der Waals surface area contributed by atoms with Gasteiger partial charge >= 0.3 is 0 Å². The molecule has 132 valence electrons. The maximum absolute atomic E-state index is 13.3. The van der Waals surface area contributed by atoms with Crippen LogP contribution in [0.25, 0.3) is 0 Å². The monoisotopic (exact) mass is 428 g/mol. The van der Waals surface area contributed by atoms with Gasteiger partial charge in [0.1, 0.15) is 0 Å². The number of benzene rings is 2. The van der Waals surface area contributed by atoms with Crippen molar-refractivity contribution in [2.75, 3.05) is 5.32 Å². The molecule has 0 spiro atoms. The molecule has 1 heterocycles. The number of thiazole rings is 1. The Morgan fingerprint density at radius 2 is 2.00 bits per heavy atom. The number of nitrogens with one attached hydrogen (secondary N) is 1. The van der Waals surface area contributed by atoms with E-state index in [0.717, 1.165) is 21.2 Å². The number of nitrogens with zero attached hydrogens (tertiary/aromatic N) is 1. The number of fused-ring (bicyclic) bond motifs is 1. The van der Waals surface area contributed by atoms with E-state index >= 15 is 0 Å². The molecule has 1 aliphatic rings. The lowest BCUT2D eigenvalue weighted by molar-refractivity contribution is -0.131. The van der Waals surface area contributed by atoms with Crippen molar-refractivity contribution in [3.05, 3.63) is 81.3 Å². The standard InChI is InChI=1S/C20H17BrN2O2S/c1-20(18(25)23-19-22-9-10-26-19)16(12-5-3-2-4-6-12)15-11-13(21)7-8-14(15)17(20)24/h2-11,16-17,24H,1H3,(H,22,23,25)/t16-,17+,20-/m0/s1. The lowest BCUT2D eigenvalue weighted by Crippen LogP contribution is -2.40. The van der Waals surface area contributed by atoms with Crippen molar-refractivity contribution in [1.82, 2.24) is 4.98 Å². The molecule has 2 N–H and O–H groups in total. The van der Waals surface area contributed by atoms with E-state index < -0.39 is 11.5 Å². The van der Waals surface area contributed by atoms with Crippen LogP contribution < -0.4 is 5.32 Å². The summed E-state index contributed by atoms with van der Waals surface area (Å²) in [6.07, 6.45) is 0.740. The van der Waals surface area contributed by atoms with Crippen molar-refractivity contribution in [3.8, 4) is 0 Å². The van der Waals surface area contributed by atoms with Gasteiger partial charge in [0.25, 0.3) is 0 Å².